The summed E-state index contributed by atoms with van der Waals surface area (Å²) in [7, 11) is -1.38. The van der Waals surface area contributed by atoms with E-state index in [0.29, 0.717) is 37.0 Å². The molecule has 3 heterocycles. The fourth-order valence-corrected chi connectivity index (χ4v) is 6.41. The number of aromatic nitrogens is 2. The van der Waals surface area contributed by atoms with Crippen molar-refractivity contribution in [3.8, 4) is 11.1 Å². The van der Waals surface area contributed by atoms with Crippen LogP contribution in [-0.4, -0.2) is 52.9 Å². The number of piperidine rings is 1. The van der Waals surface area contributed by atoms with Crippen LogP contribution in [0.2, 0.25) is 25.7 Å². The van der Waals surface area contributed by atoms with E-state index >= 15 is 0 Å². The first-order valence-electron chi connectivity index (χ1n) is 13.9. The number of nitrogens with zero attached hydrogens (tertiary/aromatic N) is 3. The van der Waals surface area contributed by atoms with Crippen LogP contribution in [0.1, 0.15) is 50.8 Å². The van der Waals surface area contributed by atoms with E-state index < -0.39 is 31.7 Å². The quantitative estimate of drug-likeness (QED) is 0.170. The standard InChI is InChI=1S/C30H39F4N3O3Si/c1-29(2,3)25-15-20(11-12-36(25)28(38)39)24-16-22-26(19-7-9-21(31)10-8-19)23(30(32,33)34)17-35-27(22)37(24)18-40-13-14-41(4,5)6/h7-10,16-17,20,25H,11-15,18H2,1-6H3,(H,38,39). The topological polar surface area (TPSA) is 67.6 Å². The SMILES string of the molecule is CC(C)(C)C1CC(c2cc3c(-c4ccc(F)cc4)c(C(F)(F)F)cnc3n2COCC[Si](C)(C)C)CCN1C(=O)O. The lowest BCUT2D eigenvalue weighted by molar-refractivity contribution is -0.137. The summed E-state index contributed by atoms with van der Waals surface area (Å²) < 4.78 is 64.5. The van der Waals surface area contributed by atoms with Gasteiger partial charge in [-0.15, -0.1) is 0 Å². The second kappa shape index (κ2) is 11.4. The van der Waals surface area contributed by atoms with Gasteiger partial charge in [0.1, 0.15) is 18.2 Å². The molecule has 3 aromatic rings. The normalized spacial score (nSPS) is 18.7. The molecule has 2 atom stereocenters. The predicted molar refractivity (Wildman–Crippen MR) is 154 cm³/mol. The van der Waals surface area contributed by atoms with Crippen LogP contribution in [0.5, 0.6) is 0 Å². The highest BCUT2D eigenvalue weighted by Gasteiger charge is 2.41. The Labute approximate surface area is 239 Å². The molecule has 1 fully saturated rings. The van der Waals surface area contributed by atoms with Gasteiger partial charge in [0.2, 0.25) is 0 Å². The summed E-state index contributed by atoms with van der Waals surface area (Å²) in [5.74, 6) is -0.667. The third-order valence-electron chi connectivity index (χ3n) is 7.88. The van der Waals surface area contributed by atoms with Gasteiger partial charge in [-0.05, 0) is 48.1 Å². The number of carboxylic acid groups (broad SMARTS) is 1. The molecule has 1 aliphatic rings. The molecule has 0 spiro atoms. The molecule has 1 saturated heterocycles. The maximum atomic E-state index is 14.3. The summed E-state index contributed by atoms with van der Waals surface area (Å²) in [5, 5.41) is 10.2. The minimum absolute atomic E-state index is 0.0556. The summed E-state index contributed by atoms with van der Waals surface area (Å²) in [6, 6.07) is 7.39. The molecule has 1 aliphatic heterocycles. The average Bonchev–Trinajstić information content (AvgIpc) is 3.23. The Balaban J connectivity index is 1.88. The van der Waals surface area contributed by atoms with E-state index in [2.05, 4.69) is 24.6 Å². The zero-order valence-corrected chi connectivity index (χ0v) is 25.5. The van der Waals surface area contributed by atoms with E-state index in [1.165, 1.54) is 17.0 Å². The smallest absolute Gasteiger partial charge is 0.418 e. The van der Waals surface area contributed by atoms with Crippen LogP contribution in [-0.2, 0) is 17.6 Å². The molecular formula is C30H39F4N3O3Si. The van der Waals surface area contributed by atoms with E-state index in [9.17, 15) is 27.5 Å². The molecule has 11 heteroatoms. The fourth-order valence-electron chi connectivity index (χ4n) is 5.65. The Morgan fingerprint density at radius 2 is 1.80 bits per heavy atom. The number of alkyl halides is 3. The van der Waals surface area contributed by atoms with Gasteiger partial charge in [0.25, 0.3) is 0 Å². The molecule has 6 nitrogen and oxygen atoms in total. The summed E-state index contributed by atoms with van der Waals surface area (Å²) >= 11 is 0. The average molecular weight is 594 g/mol. The van der Waals surface area contributed by atoms with Crippen molar-refractivity contribution in [1.29, 1.82) is 0 Å². The zero-order valence-electron chi connectivity index (χ0n) is 24.5. The number of carbonyl (C=O) groups is 1. The van der Waals surface area contributed by atoms with Crippen LogP contribution >= 0.6 is 0 Å². The van der Waals surface area contributed by atoms with Crippen LogP contribution in [0.4, 0.5) is 22.4 Å². The van der Waals surface area contributed by atoms with Gasteiger partial charge in [0.05, 0.1) is 5.56 Å². The Bertz CT molecular complexity index is 1390. The summed E-state index contributed by atoms with van der Waals surface area (Å²) in [6.45, 7) is 13.7. The highest BCUT2D eigenvalue weighted by Crippen LogP contribution is 2.45. The lowest BCUT2D eigenvalue weighted by atomic mass is 9.76. The molecule has 2 aromatic heterocycles. The summed E-state index contributed by atoms with van der Waals surface area (Å²) in [4.78, 5) is 17.8. The van der Waals surface area contributed by atoms with Crippen molar-refractivity contribution in [2.75, 3.05) is 13.2 Å². The molecule has 0 bridgehead atoms. The number of rotatable bonds is 7. The molecule has 0 radical (unpaired) electrons. The Hall–Kier alpha value is -2.92. The maximum absolute atomic E-state index is 14.3. The van der Waals surface area contributed by atoms with Gasteiger partial charge in [-0.3, -0.25) is 0 Å². The first-order valence-corrected chi connectivity index (χ1v) is 17.6. The largest absolute Gasteiger partial charge is 0.465 e. The van der Waals surface area contributed by atoms with Crippen molar-refractivity contribution in [3.05, 3.63) is 53.6 Å². The van der Waals surface area contributed by atoms with Gasteiger partial charge >= 0.3 is 12.3 Å². The number of fused-ring (bicyclic) bond motifs is 1. The molecule has 1 amide bonds. The maximum Gasteiger partial charge on any atom is 0.418 e. The third kappa shape index (κ3) is 6.94. The van der Waals surface area contributed by atoms with Crippen molar-refractivity contribution >= 4 is 25.2 Å². The van der Waals surface area contributed by atoms with E-state index in [1.807, 2.05) is 25.3 Å². The van der Waals surface area contributed by atoms with Crippen LogP contribution in [0.15, 0.2) is 36.5 Å². The van der Waals surface area contributed by atoms with Crippen molar-refractivity contribution in [1.82, 2.24) is 14.5 Å². The van der Waals surface area contributed by atoms with E-state index in [1.54, 1.807) is 6.07 Å². The van der Waals surface area contributed by atoms with Gasteiger partial charge in [-0.1, -0.05) is 52.5 Å². The number of pyridine rings is 1. The monoisotopic (exact) mass is 593 g/mol. The van der Waals surface area contributed by atoms with Gasteiger partial charge in [-0.25, -0.2) is 14.2 Å². The number of ether oxygens (including phenoxy) is 1. The molecule has 1 aromatic carbocycles. The number of amides is 1. The van der Waals surface area contributed by atoms with Gasteiger partial charge in [0, 0.05) is 56.0 Å². The predicted octanol–water partition coefficient (Wildman–Crippen LogP) is 8.45. The van der Waals surface area contributed by atoms with Crippen molar-refractivity contribution in [3.63, 3.8) is 0 Å². The first-order chi connectivity index (χ1) is 19.0. The lowest BCUT2D eigenvalue weighted by Gasteiger charge is -2.44. The second-order valence-electron chi connectivity index (χ2n) is 13.2. The zero-order chi connectivity index (χ0) is 30.3. The molecule has 0 saturated carbocycles. The number of hydrogen-bond donors (Lipinski definition) is 1. The summed E-state index contributed by atoms with van der Waals surface area (Å²) in [5.41, 5.74) is 0.0644. The minimum atomic E-state index is -4.68. The van der Waals surface area contributed by atoms with Crippen LogP contribution in [0.3, 0.4) is 0 Å². The van der Waals surface area contributed by atoms with Crippen molar-refractivity contribution in [2.24, 2.45) is 5.41 Å². The number of likely N-dealkylation sites (tertiary alicyclic amines) is 1. The molecule has 0 aliphatic carbocycles. The minimum Gasteiger partial charge on any atom is -0.465 e. The third-order valence-corrected chi connectivity index (χ3v) is 9.58. The van der Waals surface area contributed by atoms with Crippen molar-refractivity contribution < 1.29 is 32.2 Å². The first kappa shape index (κ1) is 31.0. The van der Waals surface area contributed by atoms with Crippen LogP contribution in [0, 0.1) is 11.2 Å². The van der Waals surface area contributed by atoms with Gasteiger partial charge in [0.15, 0.2) is 0 Å². The van der Waals surface area contributed by atoms with E-state index in [-0.39, 0.29) is 35.2 Å². The Kier molecular flexibility index (Phi) is 8.62. The Morgan fingerprint density at radius 1 is 1.15 bits per heavy atom. The summed E-state index contributed by atoms with van der Waals surface area (Å²) in [6.07, 6.45) is -3.78. The molecular weight excluding hydrogens is 554 g/mol. The molecule has 4 rings (SSSR count). The fraction of sp³-hybridized carbons (Fsp3) is 0.533. The van der Waals surface area contributed by atoms with Gasteiger partial charge < -0.3 is 19.3 Å². The Morgan fingerprint density at radius 3 is 2.37 bits per heavy atom. The molecule has 41 heavy (non-hydrogen) atoms. The highest BCUT2D eigenvalue weighted by atomic mass is 28.3. The number of halogens is 4. The second-order valence-corrected chi connectivity index (χ2v) is 18.8. The van der Waals surface area contributed by atoms with Crippen LogP contribution in [0.25, 0.3) is 22.2 Å². The molecule has 224 valence electrons. The van der Waals surface area contributed by atoms with Gasteiger partial charge in [-0.2, -0.15) is 13.2 Å². The highest BCUT2D eigenvalue weighted by molar-refractivity contribution is 6.76. The van der Waals surface area contributed by atoms with E-state index in [4.69, 9.17) is 4.74 Å². The molecule has 2 unspecified atom stereocenters. The number of hydrogen-bond acceptors (Lipinski definition) is 3. The van der Waals surface area contributed by atoms with Crippen LogP contribution < -0.4 is 0 Å². The number of benzene rings is 1. The molecule has 1 N–H and O–H groups in total. The lowest BCUT2D eigenvalue weighted by Crippen LogP contribution is -2.51. The van der Waals surface area contributed by atoms with E-state index in [0.717, 1.165) is 30.1 Å². The van der Waals surface area contributed by atoms with Crippen molar-refractivity contribution in [2.45, 2.75) is 84.2 Å².